The van der Waals surface area contributed by atoms with Crippen molar-refractivity contribution in [2.45, 2.75) is 11.1 Å². The van der Waals surface area contributed by atoms with Crippen molar-refractivity contribution < 1.29 is 26.3 Å². The van der Waals surface area contributed by atoms with Crippen LogP contribution in [0.4, 0.5) is 19.0 Å². The molecule has 1 aromatic heterocycles. The second-order valence-electron chi connectivity index (χ2n) is 3.60. The Hall–Kier alpha value is -0.910. The molecule has 0 fully saturated rings. The molecular weight excluding hydrogens is 367 g/mol. The van der Waals surface area contributed by atoms with Gasteiger partial charge < -0.3 is 10.5 Å². The Balaban J connectivity index is 2.56. The van der Waals surface area contributed by atoms with E-state index in [0.29, 0.717) is 4.47 Å². The number of rotatable bonds is 6. The lowest BCUT2D eigenvalue weighted by Crippen LogP contribution is -2.29. The minimum Gasteiger partial charge on any atom is -0.383 e. The summed E-state index contributed by atoms with van der Waals surface area (Å²) in [6.07, 6.45) is -3.13. The highest BCUT2D eigenvalue weighted by atomic mass is 79.9. The van der Waals surface area contributed by atoms with Gasteiger partial charge >= 0.3 is 6.18 Å². The second kappa shape index (κ2) is 6.70. The molecule has 1 rings (SSSR count). The largest absolute Gasteiger partial charge is 0.411 e. The van der Waals surface area contributed by atoms with E-state index in [0.717, 1.165) is 0 Å². The zero-order valence-electron chi connectivity index (χ0n) is 9.95. The molecule has 0 saturated heterocycles. The number of nitrogens with two attached hydrogens (primary N) is 1. The van der Waals surface area contributed by atoms with Crippen LogP contribution < -0.4 is 10.5 Å². The fourth-order valence-electron chi connectivity index (χ4n) is 1.16. The normalized spacial score (nSPS) is 12.6. The lowest BCUT2D eigenvalue weighted by Gasteiger charge is -2.10. The first-order chi connectivity index (χ1) is 9.12. The van der Waals surface area contributed by atoms with Gasteiger partial charge in [-0.15, -0.1) is 0 Å². The van der Waals surface area contributed by atoms with Crippen molar-refractivity contribution in [2.75, 3.05) is 25.5 Å². The molecule has 0 aliphatic rings. The summed E-state index contributed by atoms with van der Waals surface area (Å²) < 4.78 is 65.8. The van der Waals surface area contributed by atoms with E-state index in [9.17, 15) is 21.6 Å². The number of hydrogen-bond acceptors (Lipinski definition) is 5. The number of ether oxygens (including phenoxy) is 1. The van der Waals surface area contributed by atoms with Crippen molar-refractivity contribution in [1.29, 1.82) is 0 Å². The van der Waals surface area contributed by atoms with E-state index in [4.69, 9.17) is 5.73 Å². The lowest BCUT2D eigenvalue weighted by molar-refractivity contribution is -0.173. The number of halogens is 4. The van der Waals surface area contributed by atoms with Crippen LogP contribution in [0, 0.1) is 0 Å². The summed E-state index contributed by atoms with van der Waals surface area (Å²) in [6, 6.07) is 1.24. The van der Waals surface area contributed by atoms with Gasteiger partial charge in [-0.25, -0.2) is 18.1 Å². The minimum absolute atomic E-state index is 0.211. The van der Waals surface area contributed by atoms with Crippen LogP contribution in [0.15, 0.2) is 21.6 Å². The number of anilines is 1. The molecule has 114 valence electrons. The lowest BCUT2D eigenvalue weighted by atomic mass is 10.5. The van der Waals surface area contributed by atoms with Gasteiger partial charge in [0.2, 0.25) is 10.0 Å². The van der Waals surface area contributed by atoms with Crippen molar-refractivity contribution in [2.24, 2.45) is 0 Å². The quantitative estimate of drug-likeness (QED) is 0.728. The highest BCUT2D eigenvalue weighted by Crippen LogP contribution is 2.20. The van der Waals surface area contributed by atoms with Crippen LogP contribution in [0.1, 0.15) is 0 Å². The smallest absolute Gasteiger partial charge is 0.383 e. The van der Waals surface area contributed by atoms with Crippen molar-refractivity contribution in [3.8, 4) is 0 Å². The predicted octanol–water partition coefficient (Wildman–Crippen LogP) is 1.28. The molecule has 20 heavy (non-hydrogen) atoms. The molecule has 1 aromatic rings. The topological polar surface area (TPSA) is 94.3 Å². The van der Waals surface area contributed by atoms with Gasteiger partial charge in [0.05, 0.1) is 6.61 Å². The number of sulfonamides is 1. The van der Waals surface area contributed by atoms with Gasteiger partial charge in [0, 0.05) is 17.2 Å². The fraction of sp³-hybridized carbons (Fsp3) is 0.444. The van der Waals surface area contributed by atoms with Crippen molar-refractivity contribution in [3.05, 3.63) is 16.7 Å². The van der Waals surface area contributed by atoms with Crippen LogP contribution in [0.2, 0.25) is 0 Å². The van der Waals surface area contributed by atoms with E-state index >= 15 is 0 Å². The van der Waals surface area contributed by atoms with E-state index in [1.54, 1.807) is 0 Å². The summed E-state index contributed by atoms with van der Waals surface area (Å²) in [6.45, 7) is -2.17. The molecule has 0 spiro atoms. The molecule has 3 N–H and O–H groups in total. The van der Waals surface area contributed by atoms with E-state index in [1.165, 1.54) is 12.3 Å². The molecular formula is C9H11BrF3N3O3S. The van der Waals surface area contributed by atoms with Gasteiger partial charge in [0.15, 0.2) is 0 Å². The number of nitrogens with one attached hydrogen (secondary N) is 1. The Morgan fingerprint density at radius 1 is 1.45 bits per heavy atom. The summed E-state index contributed by atoms with van der Waals surface area (Å²) in [5.74, 6) is -0.211. The fourth-order valence-corrected chi connectivity index (χ4v) is 2.76. The van der Waals surface area contributed by atoms with E-state index < -0.39 is 29.4 Å². The third kappa shape index (κ3) is 5.61. The van der Waals surface area contributed by atoms with Crippen LogP contribution in [0.3, 0.4) is 0 Å². The second-order valence-corrected chi connectivity index (χ2v) is 6.25. The molecule has 0 unspecified atom stereocenters. The number of nitrogens with zero attached hydrogens (tertiary/aromatic N) is 1. The van der Waals surface area contributed by atoms with Crippen molar-refractivity contribution in [3.63, 3.8) is 0 Å². The van der Waals surface area contributed by atoms with Crippen LogP contribution in [-0.2, 0) is 14.8 Å². The van der Waals surface area contributed by atoms with Gasteiger partial charge in [0.1, 0.15) is 17.3 Å². The average Bonchev–Trinajstić information content (AvgIpc) is 2.30. The van der Waals surface area contributed by atoms with Gasteiger partial charge in [-0.1, -0.05) is 0 Å². The standard InChI is InChI=1S/C9H11BrF3N3O3S/c10-6-3-7(8(14)15-4-6)20(17,18)16-1-2-19-5-9(11,12)13/h3-4,16H,1-2,5H2,(H2,14,15). The Morgan fingerprint density at radius 3 is 2.70 bits per heavy atom. The molecule has 1 heterocycles. The maximum Gasteiger partial charge on any atom is 0.411 e. The maximum atomic E-state index is 11.8. The molecule has 0 aliphatic carbocycles. The first-order valence-corrected chi connectivity index (χ1v) is 7.44. The predicted molar refractivity (Wildman–Crippen MR) is 68.4 cm³/mol. The first-order valence-electron chi connectivity index (χ1n) is 5.17. The summed E-state index contributed by atoms with van der Waals surface area (Å²) >= 11 is 3.04. The van der Waals surface area contributed by atoms with Crippen molar-refractivity contribution >= 4 is 31.8 Å². The average molecular weight is 378 g/mol. The molecule has 0 bridgehead atoms. The monoisotopic (exact) mass is 377 g/mol. The van der Waals surface area contributed by atoms with Gasteiger partial charge in [-0.05, 0) is 22.0 Å². The van der Waals surface area contributed by atoms with Gasteiger partial charge in [0.25, 0.3) is 0 Å². The summed E-state index contributed by atoms with van der Waals surface area (Å²) in [5.41, 5.74) is 5.43. The molecule has 0 aliphatic heterocycles. The van der Waals surface area contributed by atoms with E-state index in [1.807, 2.05) is 0 Å². The summed E-state index contributed by atoms with van der Waals surface area (Å²) in [5, 5.41) is 0. The Bertz CT molecular complexity index is 565. The summed E-state index contributed by atoms with van der Waals surface area (Å²) in [7, 11) is -3.96. The van der Waals surface area contributed by atoms with Crippen LogP contribution in [0.5, 0.6) is 0 Å². The van der Waals surface area contributed by atoms with Crippen LogP contribution in [0.25, 0.3) is 0 Å². The molecule has 0 aromatic carbocycles. The Labute approximate surface area is 121 Å². The molecule has 0 atom stereocenters. The zero-order valence-corrected chi connectivity index (χ0v) is 12.3. The molecule has 6 nitrogen and oxygen atoms in total. The van der Waals surface area contributed by atoms with Crippen molar-refractivity contribution in [1.82, 2.24) is 9.71 Å². The van der Waals surface area contributed by atoms with Crippen LogP contribution >= 0.6 is 15.9 Å². The highest BCUT2D eigenvalue weighted by Gasteiger charge is 2.27. The zero-order chi connectivity index (χ0) is 15.4. The third-order valence-corrected chi connectivity index (χ3v) is 3.87. The highest BCUT2D eigenvalue weighted by molar-refractivity contribution is 9.10. The number of pyridine rings is 1. The summed E-state index contributed by atoms with van der Waals surface area (Å²) in [4.78, 5) is 3.39. The molecule has 0 amide bonds. The number of hydrogen-bond donors (Lipinski definition) is 2. The van der Waals surface area contributed by atoms with Gasteiger partial charge in [-0.3, -0.25) is 0 Å². The number of nitrogen functional groups attached to an aromatic ring is 1. The Kier molecular flexibility index (Phi) is 5.74. The number of aromatic nitrogens is 1. The first kappa shape index (κ1) is 17.1. The van der Waals surface area contributed by atoms with E-state index in [-0.39, 0.29) is 17.3 Å². The molecule has 0 radical (unpaired) electrons. The SMILES string of the molecule is Nc1ncc(Br)cc1S(=O)(=O)NCCOCC(F)(F)F. The minimum atomic E-state index is -4.45. The molecule has 0 saturated carbocycles. The molecule has 11 heteroatoms. The van der Waals surface area contributed by atoms with Crippen LogP contribution in [-0.4, -0.2) is 39.3 Å². The Morgan fingerprint density at radius 2 is 2.10 bits per heavy atom. The maximum absolute atomic E-state index is 11.8. The van der Waals surface area contributed by atoms with E-state index in [2.05, 4.69) is 30.4 Å². The number of alkyl halides is 3. The third-order valence-electron chi connectivity index (χ3n) is 1.94. The van der Waals surface area contributed by atoms with Gasteiger partial charge in [-0.2, -0.15) is 13.2 Å².